The summed E-state index contributed by atoms with van der Waals surface area (Å²) in [7, 11) is 0. The van der Waals surface area contributed by atoms with Crippen LogP contribution in [0.4, 0.5) is 0 Å². The van der Waals surface area contributed by atoms with E-state index in [4.69, 9.17) is 5.11 Å². The average molecular weight is 228 g/mol. The molecule has 5 nitrogen and oxygen atoms in total. The molecule has 0 fully saturated rings. The van der Waals surface area contributed by atoms with Gasteiger partial charge in [0, 0.05) is 0 Å². The summed E-state index contributed by atoms with van der Waals surface area (Å²) in [6.45, 7) is 0.347. The first kappa shape index (κ1) is 11.5. The van der Waals surface area contributed by atoms with Crippen molar-refractivity contribution in [3.05, 3.63) is 29.8 Å². The molecule has 1 amide bonds. The van der Waals surface area contributed by atoms with Crippen molar-refractivity contribution in [2.75, 3.05) is 6.54 Å². The zero-order valence-corrected chi connectivity index (χ0v) is 8.53. The van der Waals surface area contributed by atoms with Gasteiger partial charge in [-0.05, 0) is 24.3 Å². The second-order valence-electron chi connectivity index (χ2n) is 2.99. The van der Waals surface area contributed by atoms with Crippen molar-refractivity contribution >= 4 is 11.7 Å². The van der Waals surface area contributed by atoms with Gasteiger partial charge in [-0.1, -0.05) is 0 Å². The van der Waals surface area contributed by atoms with Crippen LogP contribution in [0.5, 0.6) is 5.75 Å². The molecule has 1 aromatic carbocycles. The van der Waals surface area contributed by atoms with Gasteiger partial charge in [0.05, 0.1) is 5.56 Å². The van der Waals surface area contributed by atoms with Crippen LogP contribution in [-0.4, -0.2) is 23.4 Å². The Hall–Kier alpha value is -1.59. The van der Waals surface area contributed by atoms with Crippen LogP contribution in [0.3, 0.4) is 0 Å². The zero-order valence-electron chi connectivity index (χ0n) is 7.77. The molecule has 4 N–H and O–H groups in total. The lowest BCUT2D eigenvalue weighted by Crippen LogP contribution is -3.00. The number of aromatic hydroxyl groups is 1. The number of hydrogen-bond acceptors (Lipinski definition) is 3. The van der Waals surface area contributed by atoms with Crippen molar-refractivity contribution in [2.45, 2.75) is 0 Å². The molecule has 80 valence electrons. The van der Waals surface area contributed by atoms with Gasteiger partial charge in [0.2, 0.25) is 5.84 Å². The molecule has 0 spiro atoms. The van der Waals surface area contributed by atoms with Gasteiger partial charge in [0.1, 0.15) is 5.75 Å². The summed E-state index contributed by atoms with van der Waals surface area (Å²) in [6, 6.07) is 6.68. The number of phenolic OH excluding ortho intramolecular Hbond substituents is 1. The number of carbonyl (C=O) groups is 1. The fraction of sp³-hybridized carbons (Fsp3) is 0.111. The van der Waals surface area contributed by atoms with E-state index in [0.717, 1.165) is 11.4 Å². The number of amidine groups is 1. The summed E-state index contributed by atoms with van der Waals surface area (Å²) >= 11 is 0. The van der Waals surface area contributed by atoms with Gasteiger partial charge < -0.3 is 17.5 Å². The first-order chi connectivity index (χ1) is 6.75. The predicted octanol–water partition coefficient (Wildman–Crippen LogP) is -4.25. The molecule has 0 radical (unpaired) electrons. The number of hydrogen-bond donors (Lipinski definition) is 3. The van der Waals surface area contributed by atoms with E-state index in [9.17, 15) is 4.79 Å². The number of hydrazone groups is 1. The number of rotatable bonds is 1. The van der Waals surface area contributed by atoms with Crippen LogP contribution in [0.1, 0.15) is 5.56 Å². The van der Waals surface area contributed by atoms with Crippen molar-refractivity contribution in [3.8, 4) is 5.75 Å². The van der Waals surface area contributed by atoms with Crippen LogP contribution in [0.25, 0.3) is 0 Å². The molecule has 0 bridgehead atoms. The third-order valence-corrected chi connectivity index (χ3v) is 1.94. The Bertz CT molecular complexity index is 389. The van der Waals surface area contributed by atoms with Crippen LogP contribution in [-0.2, 0) is 4.79 Å². The standard InChI is InChI=1S/C9H9N3O2.ClH/c13-7-3-1-6(2-4-7)9-10-5-8(14)11-12-9;/h1-4,13H,5H2,(H,10,12)(H,11,14);1H. The summed E-state index contributed by atoms with van der Waals surface area (Å²) in [5, 5.41) is 14.7. The first-order valence-electron chi connectivity index (χ1n) is 4.25. The lowest BCUT2D eigenvalue weighted by atomic mass is 10.2. The molecule has 0 aromatic heterocycles. The molecule has 1 aliphatic rings. The Morgan fingerprint density at radius 3 is 2.53 bits per heavy atom. The Morgan fingerprint density at radius 2 is 2.00 bits per heavy atom. The molecule has 1 aliphatic heterocycles. The SMILES string of the molecule is O=C1C[NH2+]C(c2ccc(O)cc2)=NN1.[Cl-]. The highest BCUT2D eigenvalue weighted by Crippen LogP contribution is 2.08. The van der Waals surface area contributed by atoms with E-state index in [1.807, 2.05) is 0 Å². The summed E-state index contributed by atoms with van der Waals surface area (Å²) in [6.07, 6.45) is 0. The molecule has 0 saturated heterocycles. The minimum Gasteiger partial charge on any atom is -1.00 e. The topological polar surface area (TPSA) is 78.3 Å². The zero-order chi connectivity index (χ0) is 9.97. The summed E-state index contributed by atoms with van der Waals surface area (Å²) in [4.78, 5) is 10.8. The monoisotopic (exact) mass is 227 g/mol. The smallest absolute Gasteiger partial charge is 0.295 e. The lowest BCUT2D eigenvalue weighted by Gasteiger charge is -2.09. The number of nitrogens with zero attached hydrogens (tertiary/aromatic N) is 1. The highest BCUT2D eigenvalue weighted by atomic mass is 35.5. The molecule has 0 saturated carbocycles. The minimum atomic E-state index is -0.104. The molecule has 6 heteroatoms. The maximum atomic E-state index is 10.8. The van der Waals surface area contributed by atoms with Crippen LogP contribution in [0.2, 0.25) is 0 Å². The fourth-order valence-electron chi connectivity index (χ4n) is 1.22. The predicted molar refractivity (Wildman–Crippen MR) is 49.6 cm³/mol. The van der Waals surface area contributed by atoms with Gasteiger partial charge in [-0.3, -0.25) is 10.1 Å². The van der Waals surface area contributed by atoms with Gasteiger partial charge in [-0.25, -0.2) is 5.43 Å². The van der Waals surface area contributed by atoms with Crippen molar-refractivity contribution in [3.63, 3.8) is 0 Å². The maximum absolute atomic E-state index is 10.8. The molecule has 1 heterocycles. The van der Waals surface area contributed by atoms with E-state index in [1.165, 1.54) is 0 Å². The van der Waals surface area contributed by atoms with Crippen molar-refractivity contribution < 1.29 is 27.6 Å². The second kappa shape index (κ2) is 4.77. The molecule has 1 aromatic rings. The molecule has 0 atom stereocenters. The minimum absolute atomic E-state index is 0. The lowest BCUT2D eigenvalue weighted by molar-refractivity contribution is -0.529. The summed E-state index contributed by atoms with van der Waals surface area (Å²) in [5.41, 5.74) is 3.28. The van der Waals surface area contributed by atoms with Crippen molar-refractivity contribution in [1.29, 1.82) is 0 Å². The number of amides is 1. The van der Waals surface area contributed by atoms with Gasteiger partial charge >= 0.3 is 0 Å². The fourth-order valence-corrected chi connectivity index (χ4v) is 1.22. The first-order valence-corrected chi connectivity index (χ1v) is 4.25. The molecular formula is C9H10ClN3O2. The van der Waals surface area contributed by atoms with E-state index in [2.05, 4.69) is 10.5 Å². The number of benzene rings is 1. The van der Waals surface area contributed by atoms with Crippen LogP contribution in [0, 0.1) is 0 Å². The molecular weight excluding hydrogens is 218 g/mol. The number of quaternary nitrogens is 1. The van der Waals surface area contributed by atoms with E-state index in [1.54, 1.807) is 29.6 Å². The second-order valence-corrected chi connectivity index (χ2v) is 2.99. The molecule has 0 unspecified atom stereocenters. The van der Waals surface area contributed by atoms with Crippen LogP contribution >= 0.6 is 0 Å². The Morgan fingerprint density at radius 1 is 1.33 bits per heavy atom. The van der Waals surface area contributed by atoms with Gasteiger partial charge in [-0.2, -0.15) is 0 Å². The Labute approximate surface area is 92.6 Å². The van der Waals surface area contributed by atoms with Gasteiger partial charge in [0.25, 0.3) is 5.91 Å². The van der Waals surface area contributed by atoms with Crippen molar-refractivity contribution in [1.82, 2.24) is 5.43 Å². The molecule has 2 rings (SSSR count). The van der Waals surface area contributed by atoms with Crippen molar-refractivity contribution in [2.24, 2.45) is 5.10 Å². The van der Waals surface area contributed by atoms with E-state index < -0.39 is 0 Å². The number of halogens is 1. The Balaban J connectivity index is 0.00000112. The number of carbonyl (C=O) groups excluding carboxylic acids is 1. The van der Waals surface area contributed by atoms with E-state index in [-0.39, 0.29) is 24.1 Å². The average Bonchev–Trinajstić information content (AvgIpc) is 2.21. The van der Waals surface area contributed by atoms with E-state index in [0.29, 0.717) is 6.54 Å². The highest BCUT2D eigenvalue weighted by Gasteiger charge is 2.16. The van der Waals surface area contributed by atoms with Crippen LogP contribution in [0.15, 0.2) is 29.4 Å². The normalized spacial score (nSPS) is 14.9. The molecule has 15 heavy (non-hydrogen) atoms. The summed E-state index contributed by atoms with van der Waals surface area (Å²) in [5.74, 6) is 0.839. The van der Waals surface area contributed by atoms with Gasteiger partial charge in [0.15, 0.2) is 6.54 Å². The number of nitrogens with two attached hydrogens (primary N) is 1. The molecule has 0 aliphatic carbocycles. The maximum Gasteiger partial charge on any atom is 0.295 e. The third-order valence-electron chi connectivity index (χ3n) is 1.94. The largest absolute Gasteiger partial charge is 1.00 e. The number of nitrogens with one attached hydrogen (secondary N) is 1. The Kier molecular flexibility index (Phi) is 3.65. The summed E-state index contributed by atoms with van der Waals surface area (Å²) < 4.78 is 0. The van der Waals surface area contributed by atoms with Crippen LogP contribution < -0.4 is 23.1 Å². The third kappa shape index (κ3) is 2.68. The van der Waals surface area contributed by atoms with E-state index >= 15 is 0 Å². The number of phenols is 1. The quantitative estimate of drug-likeness (QED) is 0.455. The highest BCUT2D eigenvalue weighted by molar-refractivity contribution is 5.94. The van der Waals surface area contributed by atoms with Gasteiger partial charge in [-0.15, -0.1) is 5.10 Å².